The summed E-state index contributed by atoms with van der Waals surface area (Å²) in [6.45, 7) is 7.31. The van der Waals surface area contributed by atoms with Crippen molar-refractivity contribution in [3.8, 4) is 0 Å². The Hall–Kier alpha value is -0.990. The fourth-order valence-corrected chi connectivity index (χ4v) is 8.03. The summed E-state index contributed by atoms with van der Waals surface area (Å²) in [5.74, 6) is 4.51. The van der Waals surface area contributed by atoms with Gasteiger partial charge in [-0.05, 0) is 61.7 Å². The minimum Gasteiger partial charge on any atom is -0.233 e. The molecule has 0 amide bonds. The normalized spacial score (nSPS) is 48.6. The molecule has 4 fully saturated rings. The van der Waals surface area contributed by atoms with Crippen LogP contribution in [0.2, 0.25) is 0 Å². The average molecular weight is 338 g/mol. The summed E-state index contributed by atoms with van der Waals surface area (Å²) in [5.41, 5.74) is 3.32. The van der Waals surface area contributed by atoms with Gasteiger partial charge in [-0.2, -0.15) is 5.10 Å². The zero-order chi connectivity index (χ0) is 17.0. The highest BCUT2D eigenvalue weighted by molar-refractivity contribution is 5.41. The molecule has 134 valence electrons. The lowest BCUT2D eigenvalue weighted by molar-refractivity contribution is 0.206. The second kappa shape index (κ2) is 4.46. The van der Waals surface area contributed by atoms with Gasteiger partial charge < -0.3 is 0 Å². The van der Waals surface area contributed by atoms with Crippen LogP contribution in [-0.4, -0.2) is 15.2 Å². The van der Waals surface area contributed by atoms with E-state index < -0.39 is 0 Å². The molecule has 1 heterocycles. The van der Waals surface area contributed by atoms with Gasteiger partial charge >= 0.3 is 0 Å². The average Bonchev–Trinajstić information content (AvgIpc) is 2.99. The van der Waals surface area contributed by atoms with E-state index >= 15 is 0 Å². The molecule has 0 radical (unpaired) electrons. The van der Waals surface area contributed by atoms with Crippen LogP contribution < -0.4 is 0 Å². The molecule has 0 aliphatic heterocycles. The molecule has 5 aliphatic carbocycles. The summed E-state index contributed by atoms with van der Waals surface area (Å²) in [6, 6.07) is 0. The molecule has 0 spiro atoms. The Bertz CT molecular complexity index is 752. The quantitative estimate of drug-likeness (QED) is 0.731. The number of hydrogen-bond acceptors (Lipinski definition) is 3. The number of aromatic nitrogens is 3. The highest BCUT2D eigenvalue weighted by Crippen LogP contribution is 2.67. The first-order valence-electron chi connectivity index (χ1n) is 10.7. The van der Waals surface area contributed by atoms with E-state index in [1.165, 1.54) is 69.2 Å². The van der Waals surface area contributed by atoms with E-state index in [2.05, 4.69) is 20.8 Å². The van der Waals surface area contributed by atoms with Gasteiger partial charge in [-0.3, -0.25) is 0 Å². The second-order valence-electron chi connectivity index (χ2n) is 11.0. The van der Waals surface area contributed by atoms with Crippen LogP contribution in [0.5, 0.6) is 0 Å². The van der Waals surface area contributed by atoms with E-state index in [1.54, 1.807) is 0 Å². The van der Waals surface area contributed by atoms with Crippen LogP contribution in [0.3, 0.4) is 0 Å². The lowest BCUT2D eigenvalue weighted by atomic mass is 9.68. The van der Waals surface area contributed by atoms with Crippen molar-refractivity contribution < 1.29 is 0 Å². The topological polar surface area (TPSA) is 38.7 Å². The molecule has 25 heavy (non-hydrogen) atoms. The molecule has 5 aliphatic rings. The van der Waals surface area contributed by atoms with Gasteiger partial charge in [0, 0.05) is 16.7 Å². The first kappa shape index (κ1) is 15.1. The predicted octanol–water partition coefficient (Wildman–Crippen LogP) is 4.90. The molecule has 6 rings (SSSR count). The number of rotatable bonds is 1. The predicted molar refractivity (Wildman–Crippen MR) is 97.4 cm³/mol. The Morgan fingerprint density at radius 1 is 0.920 bits per heavy atom. The van der Waals surface area contributed by atoms with Gasteiger partial charge in [-0.15, -0.1) is 5.10 Å². The molecule has 0 aromatic carbocycles. The molecule has 1 aromatic rings. The van der Waals surface area contributed by atoms with Crippen LogP contribution in [0.4, 0.5) is 0 Å². The van der Waals surface area contributed by atoms with Crippen molar-refractivity contribution in [3.05, 3.63) is 17.2 Å². The molecule has 0 saturated heterocycles. The van der Waals surface area contributed by atoms with Crippen molar-refractivity contribution in [3.63, 3.8) is 0 Å². The van der Waals surface area contributed by atoms with Crippen molar-refractivity contribution in [2.24, 2.45) is 23.2 Å². The van der Waals surface area contributed by atoms with E-state index in [4.69, 9.17) is 15.2 Å². The minimum absolute atomic E-state index is 0.205. The smallest absolute Gasteiger partial charge is 0.157 e. The van der Waals surface area contributed by atoms with Crippen LogP contribution in [0.25, 0.3) is 0 Å². The van der Waals surface area contributed by atoms with Crippen molar-refractivity contribution in [2.45, 2.75) is 95.3 Å². The third kappa shape index (κ3) is 1.67. The summed E-state index contributed by atoms with van der Waals surface area (Å²) >= 11 is 0. The monoisotopic (exact) mass is 337 g/mol. The van der Waals surface area contributed by atoms with Crippen molar-refractivity contribution in [1.29, 1.82) is 0 Å². The Morgan fingerprint density at radius 2 is 1.76 bits per heavy atom. The van der Waals surface area contributed by atoms with Gasteiger partial charge in [-0.25, -0.2) is 4.98 Å². The molecular formula is C22H31N3. The van der Waals surface area contributed by atoms with Crippen LogP contribution in [0.1, 0.15) is 102 Å². The summed E-state index contributed by atoms with van der Waals surface area (Å²) in [7, 11) is 0. The van der Waals surface area contributed by atoms with E-state index in [0.717, 1.165) is 23.6 Å². The maximum absolute atomic E-state index is 5.35. The SMILES string of the molecule is CC1(C)C2CC[C@@]1(C)c1nc(C34CC5CCCC(C3)C(C5)C4)nnc12. The van der Waals surface area contributed by atoms with E-state index in [0.29, 0.717) is 5.92 Å². The fraction of sp³-hybridized carbons (Fsp3) is 0.864. The largest absolute Gasteiger partial charge is 0.233 e. The van der Waals surface area contributed by atoms with Crippen molar-refractivity contribution in [1.82, 2.24) is 15.2 Å². The molecule has 0 N–H and O–H groups in total. The highest BCUT2D eigenvalue weighted by atomic mass is 15.2. The van der Waals surface area contributed by atoms with Crippen molar-refractivity contribution >= 4 is 0 Å². The first-order valence-corrected chi connectivity index (χ1v) is 10.7. The fourth-order valence-electron chi connectivity index (χ4n) is 8.03. The van der Waals surface area contributed by atoms with Gasteiger partial charge in [0.2, 0.25) is 0 Å². The first-order chi connectivity index (χ1) is 11.9. The maximum atomic E-state index is 5.35. The van der Waals surface area contributed by atoms with Crippen molar-refractivity contribution in [2.75, 3.05) is 0 Å². The van der Waals surface area contributed by atoms with Gasteiger partial charge in [0.1, 0.15) is 0 Å². The van der Waals surface area contributed by atoms with Crippen LogP contribution >= 0.6 is 0 Å². The zero-order valence-corrected chi connectivity index (χ0v) is 16.0. The number of hydrogen-bond donors (Lipinski definition) is 0. The van der Waals surface area contributed by atoms with Gasteiger partial charge in [0.05, 0.1) is 11.4 Å². The van der Waals surface area contributed by atoms with E-state index in [1.807, 2.05) is 0 Å². The summed E-state index contributed by atoms with van der Waals surface area (Å²) in [6.07, 6.45) is 12.4. The summed E-state index contributed by atoms with van der Waals surface area (Å²) in [4.78, 5) is 5.35. The molecule has 1 aromatic heterocycles. The van der Waals surface area contributed by atoms with Gasteiger partial charge in [0.25, 0.3) is 0 Å². The molecule has 5 bridgehead atoms. The van der Waals surface area contributed by atoms with Crippen LogP contribution in [0.15, 0.2) is 0 Å². The van der Waals surface area contributed by atoms with Gasteiger partial charge in [0.15, 0.2) is 5.82 Å². The zero-order valence-electron chi connectivity index (χ0n) is 16.0. The standard InChI is InChI=1S/C22H31N3/c1-20(2)16-7-8-21(20,3)18-17(16)24-25-19(23-18)22-10-13-5-4-6-14(11-22)15(9-13)12-22/h13-16H,4-12H2,1-3H3/t13?,14?,15?,16?,21-,22?/m0/s1. The second-order valence-corrected chi connectivity index (χ2v) is 11.0. The molecular weight excluding hydrogens is 306 g/mol. The Kier molecular flexibility index (Phi) is 2.69. The Morgan fingerprint density at radius 3 is 2.64 bits per heavy atom. The summed E-state index contributed by atoms with van der Waals surface area (Å²) < 4.78 is 0. The number of fused-ring (bicyclic) bond motifs is 7. The molecule has 6 atom stereocenters. The third-order valence-corrected chi connectivity index (χ3v) is 9.74. The highest BCUT2D eigenvalue weighted by Gasteiger charge is 2.62. The van der Waals surface area contributed by atoms with Gasteiger partial charge in [-0.1, -0.05) is 40.0 Å². The Labute approximate surface area is 151 Å². The Balaban J connectivity index is 1.46. The van der Waals surface area contributed by atoms with E-state index in [-0.39, 0.29) is 16.2 Å². The lowest BCUT2D eigenvalue weighted by Crippen LogP contribution is -2.36. The molecule has 4 saturated carbocycles. The maximum Gasteiger partial charge on any atom is 0.157 e. The molecule has 5 unspecified atom stereocenters. The third-order valence-electron chi connectivity index (χ3n) is 9.74. The molecule has 3 nitrogen and oxygen atoms in total. The van der Waals surface area contributed by atoms with Crippen LogP contribution in [0, 0.1) is 23.2 Å². The lowest BCUT2D eigenvalue weighted by Gasteiger charge is -2.37. The summed E-state index contributed by atoms with van der Waals surface area (Å²) in [5, 5.41) is 9.68. The van der Waals surface area contributed by atoms with E-state index in [9.17, 15) is 0 Å². The number of nitrogens with zero attached hydrogens (tertiary/aromatic N) is 3. The van der Waals surface area contributed by atoms with Crippen LogP contribution in [-0.2, 0) is 10.8 Å². The minimum atomic E-state index is 0.205. The molecule has 3 heteroatoms.